The molecule has 27 heavy (non-hydrogen) atoms. The number of ether oxygens (including phenoxy) is 4. The summed E-state index contributed by atoms with van der Waals surface area (Å²) in [6, 6.07) is 12.3. The van der Waals surface area contributed by atoms with Crippen molar-refractivity contribution in [1.29, 1.82) is 0 Å². The molecule has 0 unspecified atom stereocenters. The van der Waals surface area contributed by atoms with Gasteiger partial charge in [0.25, 0.3) is 0 Å². The number of rotatable bonds is 3. The third-order valence-corrected chi connectivity index (χ3v) is 4.83. The molecule has 0 fully saturated rings. The zero-order valence-corrected chi connectivity index (χ0v) is 15.7. The van der Waals surface area contributed by atoms with Crippen molar-refractivity contribution in [3.05, 3.63) is 42.6 Å². The maximum absolute atomic E-state index is 5.86. The van der Waals surface area contributed by atoms with Crippen molar-refractivity contribution in [2.75, 3.05) is 20.5 Å². The van der Waals surface area contributed by atoms with Crippen molar-refractivity contribution in [1.82, 2.24) is 0 Å². The van der Waals surface area contributed by atoms with Gasteiger partial charge in [-0.1, -0.05) is 6.07 Å². The minimum Gasteiger partial charge on any atom is -1.00 e. The highest BCUT2D eigenvalue weighted by molar-refractivity contribution is 6.15. The molecule has 3 aromatic carbocycles. The number of halogens is 1. The van der Waals surface area contributed by atoms with Crippen LogP contribution in [0.2, 0.25) is 0 Å². The van der Waals surface area contributed by atoms with Crippen LogP contribution in [0.15, 0.2) is 42.6 Å². The number of H-pyrrole nitrogens is 1. The van der Waals surface area contributed by atoms with E-state index in [1.807, 2.05) is 31.3 Å². The van der Waals surface area contributed by atoms with E-state index in [0.717, 1.165) is 55.4 Å². The van der Waals surface area contributed by atoms with Crippen LogP contribution in [0.4, 0.5) is 0 Å². The van der Waals surface area contributed by atoms with E-state index in [1.165, 1.54) is 0 Å². The van der Waals surface area contributed by atoms with Gasteiger partial charge >= 0.3 is 0 Å². The molecule has 4 aromatic rings. The Hall–Kier alpha value is -2.92. The first kappa shape index (κ1) is 17.5. The fraction of sp³-hybridized carbons (Fsp3) is 0.190. The molecule has 0 amide bonds. The number of fused-ring (bicyclic) bond motifs is 6. The third kappa shape index (κ3) is 2.58. The highest BCUT2D eigenvalue weighted by Crippen LogP contribution is 2.41. The maximum atomic E-state index is 5.86. The van der Waals surface area contributed by atoms with E-state index in [-0.39, 0.29) is 19.2 Å². The van der Waals surface area contributed by atoms with Gasteiger partial charge in [-0.05, 0) is 42.6 Å². The number of benzene rings is 3. The second-order valence-corrected chi connectivity index (χ2v) is 6.19. The zero-order chi connectivity index (χ0) is 17.7. The molecular formula is C21H18ClNO4. The molecule has 0 spiro atoms. The van der Waals surface area contributed by atoms with Crippen LogP contribution in [-0.4, -0.2) is 20.5 Å². The lowest BCUT2D eigenvalue weighted by atomic mass is 10.0. The Balaban J connectivity index is 0.00000180. The number of aromatic amines is 1. The Morgan fingerprint density at radius 2 is 1.74 bits per heavy atom. The molecule has 5 nitrogen and oxygen atoms in total. The molecule has 1 N–H and O–H groups in total. The van der Waals surface area contributed by atoms with Gasteiger partial charge in [0.2, 0.25) is 12.3 Å². The molecule has 5 rings (SSSR count). The number of pyridine rings is 1. The summed E-state index contributed by atoms with van der Waals surface area (Å²) in [6.45, 7) is 2.82. The molecule has 0 atom stereocenters. The molecule has 1 aliphatic rings. The number of aromatic nitrogens is 1. The summed E-state index contributed by atoms with van der Waals surface area (Å²) in [6.07, 6.45) is 1.98. The molecule has 138 valence electrons. The van der Waals surface area contributed by atoms with E-state index < -0.39 is 0 Å². The predicted octanol–water partition coefficient (Wildman–Crippen LogP) is 1.10. The van der Waals surface area contributed by atoms with Crippen LogP contribution in [0.25, 0.3) is 32.4 Å². The summed E-state index contributed by atoms with van der Waals surface area (Å²) in [5.74, 6) is 3.07. The first-order valence-corrected chi connectivity index (χ1v) is 8.60. The minimum atomic E-state index is 0. The summed E-state index contributed by atoms with van der Waals surface area (Å²) >= 11 is 0. The van der Waals surface area contributed by atoms with Gasteiger partial charge in [0.15, 0.2) is 29.2 Å². The number of hydrogen-bond acceptors (Lipinski definition) is 4. The van der Waals surface area contributed by atoms with Crippen molar-refractivity contribution in [3.8, 4) is 23.0 Å². The quantitative estimate of drug-likeness (QED) is 0.497. The van der Waals surface area contributed by atoms with Crippen LogP contribution in [-0.2, 0) is 0 Å². The van der Waals surface area contributed by atoms with Crippen molar-refractivity contribution >= 4 is 32.4 Å². The lowest BCUT2D eigenvalue weighted by Crippen LogP contribution is -3.00. The second kappa shape index (κ2) is 6.67. The second-order valence-electron chi connectivity index (χ2n) is 6.19. The van der Waals surface area contributed by atoms with Crippen LogP contribution in [0, 0.1) is 0 Å². The summed E-state index contributed by atoms with van der Waals surface area (Å²) in [4.78, 5) is 3.45. The zero-order valence-electron chi connectivity index (χ0n) is 15.0. The highest BCUT2D eigenvalue weighted by atomic mass is 35.5. The van der Waals surface area contributed by atoms with Gasteiger partial charge in [-0.3, -0.25) is 0 Å². The number of nitrogens with one attached hydrogen (secondary N) is 1. The molecule has 0 bridgehead atoms. The van der Waals surface area contributed by atoms with Crippen LogP contribution in [0.5, 0.6) is 23.0 Å². The van der Waals surface area contributed by atoms with E-state index in [2.05, 4.69) is 23.2 Å². The first-order chi connectivity index (χ1) is 12.8. The lowest BCUT2D eigenvalue weighted by molar-refractivity contribution is -0.341. The van der Waals surface area contributed by atoms with Gasteiger partial charge in [0, 0.05) is 5.39 Å². The van der Waals surface area contributed by atoms with Gasteiger partial charge in [-0.2, -0.15) is 0 Å². The summed E-state index contributed by atoms with van der Waals surface area (Å²) in [5, 5.41) is 5.44. The largest absolute Gasteiger partial charge is 1.00 e. The van der Waals surface area contributed by atoms with Crippen LogP contribution < -0.4 is 36.3 Å². The molecule has 0 aliphatic carbocycles. The van der Waals surface area contributed by atoms with Crippen molar-refractivity contribution < 1.29 is 36.3 Å². The number of methoxy groups -OCH3 is 1. The molecule has 0 radical (unpaired) electrons. The molecule has 1 aliphatic heterocycles. The molecular weight excluding hydrogens is 366 g/mol. The predicted molar refractivity (Wildman–Crippen MR) is 99.4 cm³/mol. The van der Waals surface area contributed by atoms with E-state index >= 15 is 0 Å². The Bertz CT molecular complexity index is 1180. The summed E-state index contributed by atoms with van der Waals surface area (Å²) in [5.41, 5.74) is 1.06. The normalized spacial score (nSPS) is 12.4. The standard InChI is InChI=1S/C21H17NO4.ClH/c1-3-24-21-16-10-22-20-14(13(16)6-7-17(21)23-2)5-4-12-8-18-19(9-15(12)20)26-11-25-18;/h4-10H,3,11H2,1-2H3;1H. The minimum absolute atomic E-state index is 0. The van der Waals surface area contributed by atoms with Gasteiger partial charge < -0.3 is 31.4 Å². The SMILES string of the molecule is CCOc1c(OC)ccc2c1c[nH+]c1c3cc4c(cc3ccc21)OCO4.[Cl-]. The van der Waals surface area contributed by atoms with Crippen LogP contribution in [0.1, 0.15) is 6.92 Å². The van der Waals surface area contributed by atoms with E-state index in [9.17, 15) is 0 Å². The van der Waals surface area contributed by atoms with Crippen molar-refractivity contribution in [2.24, 2.45) is 0 Å². The average Bonchev–Trinajstić information content (AvgIpc) is 3.13. The van der Waals surface area contributed by atoms with Crippen molar-refractivity contribution in [2.45, 2.75) is 6.92 Å². The van der Waals surface area contributed by atoms with Crippen LogP contribution in [0.3, 0.4) is 0 Å². The maximum Gasteiger partial charge on any atom is 0.231 e. The van der Waals surface area contributed by atoms with Gasteiger partial charge in [-0.25, -0.2) is 4.98 Å². The fourth-order valence-corrected chi connectivity index (χ4v) is 3.65. The Morgan fingerprint density at radius 1 is 0.963 bits per heavy atom. The summed E-state index contributed by atoms with van der Waals surface area (Å²) < 4.78 is 22.4. The number of hydrogen-bond donors (Lipinski definition) is 0. The van der Waals surface area contributed by atoms with Gasteiger partial charge in [0.05, 0.1) is 29.9 Å². The molecule has 1 aromatic heterocycles. The summed E-state index contributed by atoms with van der Waals surface area (Å²) in [7, 11) is 1.66. The van der Waals surface area contributed by atoms with E-state index in [0.29, 0.717) is 6.61 Å². The highest BCUT2D eigenvalue weighted by Gasteiger charge is 2.20. The Morgan fingerprint density at radius 3 is 2.52 bits per heavy atom. The fourth-order valence-electron chi connectivity index (χ4n) is 3.65. The Kier molecular flexibility index (Phi) is 4.32. The van der Waals surface area contributed by atoms with Crippen LogP contribution >= 0.6 is 0 Å². The molecule has 0 saturated heterocycles. The van der Waals surface area contributed by atoms with Crippen molar-refractivity contribution in [3.63, 3.8) is 0 Å². The molecule has 6 heteroatoms. The van der Waals surface area contributed by atoms with Gasteiger partial charge in [0.1, 0.15) is 0 Å². The molecule has 2 heterocycles. The Labute approximate surface area is 162 Å². The average molecular weight is 384 g/mol. The topological polar surface area (TPSA) is 51.1 Å². The monoisotopic (exact) mass is 383 g/mol. The lowest BCUT2D eigenvalue weighted by Gasteiger charge is -2.12. The van der Waals surface area contributed by atoms with Gasteiger partial charge in [-0.15, -0.1) is 0 Å². The smallest absolute Gasteiger partial charge is 0.231 e. The first-order valence-electron chi connectivity index (χ1n) is 8.60. The van der Waals surface area contributed by atoms with E-state index in [1.54, 1.807) is 7.11 Å². The third-order valence-electron chi connectivity index (χ3n) is 4.83. The molecule has 0 saturated carbocycles. The van der Waals surface area contributed by atoms with E-state index in [4.69, 9.17) is 18.9 Å².